The molecular formula is C15H17N5S. The van der Waals surface area contributed by atoms with Crippen LogP contribution < -0.4 is 4.90 Å². The van der Waals surface area contributed by atoms with Crippen molar-refractivity contribution in [3.63, 3.8) is 0 Å². The van der Waals surface area contributed by atoms with Crippen LogP contribution in [0, 0.1) is 0 Å². The van der Waals surface area contributed by atoms with Gasteiger partial charge in [-0.3, -0.25) is 0 Å². The van der Waals surface area contributed by atoms with Crippen molar-refractivity contribution in [3.05, 3.63) is 24.7 Å². The molecule has 3 aromatic rings. The summed E-state index contributed by atoms with van der Waals surface area (Å²) in [6, 6.07) is 4.06. The van der Waals surface area contributed by atoms with Crippen LogP contribution in [0.1, 0.15) is 6.92 Å². The van der Waals surface area contributed by atoms with E-state index in [-0.39, 0.29) is 0 Å². The Hall–Kier alpha value is -1.79. The van der Waals surface area contributed by atoms with E-state index < -0.39 is 0 Å². The number of piperazine rings is 1. The number of fused-ring (bicyclic) bond motifs is 3. The van der Waals surface area contributed by atoms with Gasteiger partial charge in [-0.25, -0.2) is 15.0 Å². The highest BCUT2D eigenvalue weighted by Gasteiger charge is 2.20. The van der Waals surface area contributed by atoms with Gasteiger partial charge in [-0.1, -0.05) is 6.92 Å². The molecule has 0 unspecified atom stereocenters. The number of hydrogen-bond acceptors (Lipinski definition) is 6. The highest BCUT2D eigenvalue weighted by atomic mass is 32.1. The average Bonchev–Trinajstić information content (AvgIpc) is 2.94. The Morgan fingerprint density at radius 1 is 1.14 bits per heavy atom. The fourth-order valence-electron chi connectivity index (χ4n) is 2.90. The maximum absolute atomic E-state index is 4.56. The maximum Gasteiger partial charge on any atom is 0.150 e. The Morgan fingerprint density at radius 2 is 2.00 bits per heavy atom. The summed E-state index contributed by atoms with van der Waals surface area (Å²) >= 11 is 1.70. The lowest BCUT2D eigenvalue weighted by Gasteiger charge is -2.34. The van der Waals surface area contributed by atoms with Gasteiger partial charge in [-0.05, 0) is 18.7 Å². The van der Waals surface area contributed by atoms with Gasteiger partial charge in [0.25, 0.3) is 0 Å². The molecule has 0 aromatic carbocycles. The number of aromatic nitrogens is 3. The summed E-state index contributed by atoms with van der Waals surface area (Å²) in [5, 5.41) is 1.13. The Balaban J connectivity index is 1.79. The molecule has 0 radical (unpaired) electrons. The Bertz CT molecular complexity index is 776. The molecule has 0 amide bonds. The molecule has 0 saturated carbocycles. The van der Waals surface area contributed by atoms with Crippen molar-refractivity contribution in [1.82, 2.24) is 19.9 Å². The first-order valence-corrected chi connectivity index (χ1v) is 8.14. The van der Waals surface area contributed by atoms with Gasteiger partial charge >= 0.3 is 0 Å². The van der Waals surface area contributed by atoms with Crippen LogP contribution in [0.15, 0.2) is 24.7 Å². The van der Waals surface area contributed by atoms with Crippen molar-refractivity contribution in [2.75, 3.05) is 37.6 Å². The first-order valence-electron chi connectivity index (χ1n) is 7.32. The van der Waals surface area contributed by atoms with Gasteiger partial charge in [0.05, 0.1) is 10.2 Å². The molecule has 1 saturated heterocycles. The minimum Gasteiger partial charge on any atom is -0.353 e. The Labute approximate surface area is 127 Å². The Morgan fingerprint density at radius 3 is 2.81 bits per heavy atom. The number of rotatable bonds is 2. The zero-order valence-corrected chi connectivity index (χ0v) is 12.8. The number of likely N-dealkylation sites (N-methyl/N-ethyl adjacent to an activating group) is 1. The van der Waals surface area contributed by atoms with Gasteiger partial charge in [-0.15, -0.1) is 11.3 Å². The van der Waals surface area contributed by atoms with Crippen LogP contribution in [-0.2, 0) is 0 Å². The van der Waals surface area contributed by atoms with Crippen molar-refractivity contribution in [2.45, 2.75) is 6.92 Å². The lowest BCUT2D eigenvalue weighted by molar-refractivity contribution is 0.271. The third-order valence-corrected chi connectivity index (χ3v) is 5.23. The minimum atomic E-state index is 1.03. The molecule has 0 bridgehead atoms. The third-order valence-electron chi connectivity index (χ3n) is 4.13. The van der Waals surface area contributed by atoms with Gasteiger partial charge in [0.15, 0.2) is 0 Å². The van der Waals surface area contributed by atoms with Crippen molar-refractivity contribution in [2.24, 2.45) is 0 Å². The summed E-state index contributed by atoms with van der Waals surface area (Å²) in [5.74, 6) is 1.07. The third kappa shape index (κ3) is 2.15. The summed E-state index contributed by atoms with van der Waals surface area (Å²) in [6.45, 7) is 7.61. The molecule has 0 aliphatic carbocycles. The number of nitrogens with zero attached hydrogens (tertiary/aromatic N) is 5. The second-order valence-corrected chi connectivity index (χ2v) is 6.25. The van der Waals surface area contributed by atoms with E-state index in [2.05, 4.69) is 37.7 Å². The molecular weight excluding hydrogens is 282 g/mol. The van der Waals surface area contributed by atoms with E-state index in [1.807, 2.05) is 12.3 Å². The van der Waals surface area contributed by atoms with Crippen LogP contribution in [0.2, 0.25) is 0 Å². The first-order chi connectivity index (χ1) is 10.4. The number of thiophene rings is 1. The lowest BCUT2D eigenvalue weighted by atomic mass is 10.2. The summed E-state index contributed by atoms with van der Waals surface area (Å²) in [7, 11) is 0. The normalized spacial score (nSPS) is 16.9. The zero-order valence-electron chi connectivity index (χ0n) is 12.0. The molecule has 1 fully saturated rings. The molecule has 1 aliphatic rings. The van der Waals surface area contributed by atoms with Crippen LogP contribution in [0.4, 0.5) is 5.82 Å². The van der Waals surface area contributed by atoms with Crippen molar-refractivity contribution in [3.8, 4) is 0 Å². The second kappa shape index (κ2) is 5.20. The van der Waals surface area contributed by atoms with E-state index in [1.165, 1.54) is 0 Å². The SMILES string of the molecule is CCN1CCN(c2ncnc3c2sc2ncccc23)CC1. The molecule has 0 spiro atoms. The van der Waals surface area contributed by atoms with Crippen molar-refractivity contribution in [1.29, 1.82) is 0 Å². The standard InChI is InChI=1S/C15H17N5S/c1-2-19-6-8-20(9-7-19)14-13-12(17-10-18-14)11-4-3-5-16-15(11)21-13/h3-5,10H,2,6-9H2,1H3. The number of anilines is 1. The molecule has 5 nitrogen and oxygen atoms in total. The highest BCUT2D eigenvalue weighted by molar-refractivity contribution is 7.25. The number of hydrogen-bond donors (Lipinski definition) is 0. The zero-order chi connectivity index (χ0) is 14.2. The molecule has 0 N–H and O–H groups in total. The van der Waals surface area contributed by atoms with Crippen molar-refractivity contribution >= 4 is 37.6 Å². The smallest absolute Gasteiger partial charge is 0.150 e. The first kappa shape index (κ1) is 12.9. The molecule has 6 heteroatoms. The van der Waals surface area contributed by atoms with E-state index in [4.69, 9.17) is 0 Å². The second-order valence-electron chi connectivity index (χ2n) is 5.25. The summed E-state index contributed by atoms with van der Waals surface area (Å²) in [5.41, 5.74) is 1.03. The maximum atomic E-state index is 4.56. The van der Waals surface area contributed by atoms with Crippen LogP contribution in [0.25, 0.3) is 20.4 Å². The van der Waals surface area contributed by atoms with Gasteiger partial charge < -0.3 is 9.80 Å². The van der Waals surface area contributed by atoms with Gasteiger partial charge in [0, 0.05) is 37.8 Å². The molecule has 0 atom stereocenters. The van der Waals surface area contributed by atoms with Crippen LogP contribution in [0.3, 0.4) is 0 Å². The van der Waals surface area contributed by atoms with E-state index >= 15 is 0 Å². The predicted molar refractivity (Wildman–Crippen MR) is 87.0 cm³/mol. The van der Waals surface area contributed by atoms with Crippen LogP contribution >= 0.6 is 11.3 Å². The topological polar surface area (TPSA) is 45.2 Å². The molecule has 1 aliphatic heterocycles. The summed E-state index contributed by atoms with van der Waals surface area (Å²) in [4.78, 5) is 19.4. The molecule has 108 valence electrons. The van der Waals surface area contributed by atoms with Crippen LogP contribution in [0.5, 0.6) is 0 Å². The highest BCUT2D eigenvalue weighted by Crippen LogP contribution is 2.36. The number of pyridine rings is 1. The van der Waals surface area contributed by atoms with Gasteiger partial charge in [-0.2, -0.15) is 0 Å². The average molecular weight is 299 g/mol. The molecule has 4 rings (SSSR count). The Kier molecular flexibility index (Phi) is 3.20. The van der Waals surface area contributed by atoms with Gasteiger partial charge in [0.2, 0.25) is 0 Å². The van der Waals surface area contributed by atoms with Crippen LogP contribution in [-0.4, -0.2) is 52.6 Å². The fourth-order valence-corrected chi connectivity index (χ4v) is 4.01. The molecule has 21 heavy (non-hydrogen) atoms. The van der Waals surface area contributed by atoms with E-state index in [1.54, 1.807) is 17.7 Å². The van der Waals surface area contributed by atoms with E-state index in [0.29, 0.717) is 0 Å². The fraction of sp³-hybridized carbons (Fsp3) is 0.400. The predicted octanol–water partition coefficient (Wildman–Crippen LogP) is 2.38. The molecule has 4 heterocycles. The lowest BCUT2D eigenvalue weighted by Crippen LogP contribution is -2.46. The summed E-state index contributed by atoms with van der Waals surface area (Å²) in [6.07, 6.45) is 3.52. The van der Waals surface area contributed by atoms with E-state index in [0.717, 1.165) is 59.0 Å². The van der Waals surface area contributed by atoms with Crippen molar-refractivity contribution < 1.29 is 0 Å². The minimum absolute atomic E-state index is 1.03. The molecule has 3 aromatic heterocycles. The summed E-state index contributed by atoms with van der Waals surface area (Å²) < 4.78 is 1.16. The monoisotopic (exact) mass is 299 g/mol. The van der Waals surface area contributed by atoms with Gasteiger partial charge in [0.1, 0.15) is 17.0 Å². The quantitative estimate of drug-likeness (QED) is 0.727. The largest absolute Gasteiger partial charge is 0.353 e. The van der Waals surface area contributed by atoms with E-state index in [9.17, 15) is 0 Å².